The van der Waals surface area contributed by atoms with Crippen molar-refractivity contribution in [3.8, 4) is 0 Å². The van der Waals surface area contributed by atoms with Crippen LogP contribution in [0.5, 0.6) is 0 Å². The number of carbonyl (C=O) groups is 1. The minimum absolute atomic E-state index is 0.700. The van der Waals surface area contributed by atoms with Crippen LogP contribution in [0.15, 0.2) is 0 Å². The first kappa shape index (κ1) is 24.3. The molecule has 0 aliphatic carbocycles. The Morgan fingerprint density at radius 3 is 1.83 bits per heavy atom. The summed E-state index contributed by atoms with van der Waals surface area (Å²) in [7, 11) is 0. The molecule has 0 aromatic rings. The second-order valence-electron chi connectivity index (χ2n) is 8.16. The Hall–Kier alpha value is -0.930. The molecular formula is C17H30O12. The minimum Gasteiger partial charge on any atom is -0.432 e. The van der Waals surface area contributed by atoms with Gasteiger partial charge in [-0.1, -0.05) is 0 Å². The van der Waals surface area contributed by atoms with Crippen molar-refractivity contribution in [3.05, 3.63) is 0 Å². The highest BCUT2D eigenvalue weighted by Gasteiger charge is 2.51. The normalized spacial score (nSPS) is 43.8. The third-order valence-electron chi connectivity index (χ3n) is 4.80. The van der Waals surface area contributed by atoms with E-state index in [1.807, 2.05) is 0 Å². The lowest BCUT2D eigenvalue weighted by Crippen LogP contribution is -2.65. The number of hydrogen-bond acceptors (Lipinski definition) is 12. The first-order valence-corrected chi connectivity index (χ1v) is 9.21. The summed E-state index contributed by atoms with van der Waals surface area (Å²) in [4.78, 5) is 12.1. The van der Waals surface area contributed by atoms with E-state index in [0.29, 0.717) is 0 Å². The summed E-state index contributed by atoms with van der Waals surface area (Å²) < 4.78 is 21.0. The molecule has 0 saturated carbocycles. The third-order valence-corrected chi connectivity index (χ3v) is 4.80. The van der Waals surface area contributed by atoms with Crippen LogP contribution in [0.3, 0.4) is 0 Å². The summed E-state index contributed by atoms with van der Waals surface area (Å²) in [5, 5.41) is 69.3. The molecule has 0 aromatic carbocycles. The van der Waals surface area contributed by atoms with Crippen LogP contribution in [0.4, 0.5) is 0 Å². The van der Waals surface area contributed by atoms with E-state index in [4.69, 9.17) is 18.9 Å². The fourth-order valence-electron chi connectivity index (χ4n) is 2.93. The lowest BCUT2D eigenvalue weighted by Gasteiger charge is -2.45. The average molecular weight is 426 g/mol. The standard InChI is InChI=1S/C17H30O12/c1-17(2,3)16(25)29-15-12(24)13(9(21)7(5-19)27-15)28-14-11(23)10(22)8(20)6(4-18)26-14/h6-15,18-24H,4-5H2,1-3H3. The molecule has 10 unspecified atom stereocenters. The number of carbonyl (C=O) groups excluding carboxylic acids is 1. The molecule has 0 radical (unpaired) electrons. The van der Waals surface area contributed by atoms with Crippen LogP contribution < -0.4 is 0 Å². The summed E-state index contributed by atoms with van der Waals surface area (Å²) in [6, 6.07) is 0. The van der Waals surface area contributed by atoms with Gasteiger partial charge in [-0.25, -0.2) is 0 Å². The van der Waals surface area contributed by atoms with Crippen molar-refractivity contribution in [2.45, 2.75) is 82.2 Å². The molecule has 0 spiro atoms. The molecule has 2 heterocycles. The lowest BCUT2D eigenvalue weighted by molar-refractivity contribution is -0.356. The molecule has 170 valence electrons. The van der Waals surface area contributed by atoms with Crippen molar-refractivity contribution >= 4 is 5.97 Å². The fraction of sp³-hybridized carbons (Fsp3) is 0.941. The first-order valence-electron chi connectivity index (χ1n) is 9.21. The topological polar surface area (TPSA) is 196 Å². The number of hydrogen-bond donors (Lipinski definition) is 7. The van der Waals surface area contributed by atoms with Gasteiger partial charge in [0.05, 0.1) is 18.6 Å². The Balaban J connectivity index is 2.19. The zero-order valence-corrected chi connectivity index (χ0v) is 16.4. The molecule has 12 nitrogen and oxygen atoms in total. The van der Waals surface area contributed by atoms with Gasteiger partial charge >= 0.3 is 5.97 Å². The van der Waals surface area contributed by atoms with Gasteiger partial charge in [0.1, 0.15) is 48.8 Å². The number of esters is 1. The van der Waals surface area contributed by atoms with Gasteiger partial charge in [-0.3, -0.25) is 4.79 Å². The van der Waals surface area contributed by atoms with Gasteiger partial charge in [0.25, 0.3) is 0 Å². The van der Waals surface area contributed by atoms with Crippen LogP contribution in [-0.2, 0) is 23.7 Å². The van der Waals surface area contributed by atoms with Gasteiger partial charge in [0, 0.05) is 0 Å². The Morgan fingerprint density at radius 2 is 1.31 bits per heavy atom. The van der Waals surface area contributed by atoms with E-state index in [9.17, 15) is 40.5 Å². The van der Waals surface area contributed by atoms with E-state index in [2.05, 4.69) is 0 Å². The maximum Gasteiger partial charge on any atom is 0.313 e. The molecule has 12 heteroatoms. The molecule has 0 aromatic heterocycles. The van der Waals surface area contributed by atoms with Crippen molar-refractivity contribution in [2.75, 3.05) is 13.2 Å². The van der Waals surface area contributed by atoms with Crippen molar-refractivity contribution in [3.63, 3.8) is 0 Å². The number of ether oxygens (including phenoxy) is 4. The summed E-state index contributed by atoms with van der Waals surface area (Å²) in [6.07, 6.45) is -15.9. The molecule has 2 aliphatic heterocycles. The van der Waals surface area contributed by atoms with E-state index in [1.165, 1.54) is 0 Å². The predicted octanol–water partition coefficient (Wildman–Crippen LogP) is -3.80. The largest absolute Gasteiger partial charge is 0.432 e. The minimum atomic E-state index is -1.78. The van der Waals surface area contributed by atoms with Crippen molar-refractivity contribution in [1.82, 2.24) is 0 Å². The average Bonchev–Trinajstić information content (AvgIpc) is 2.66. The highest BCUT2D eigenvalue weighted by molar-refractivity contribution is 5.75. The van der Waals surface area contributed by atoms with E-state index >= 15 is 0 Å². The van der Waals surface area contributed by atoms with Gasteiger partial charge in [-0.15, -0.1) is 0 Å². The summed E-state index contributed by atoms with van der Waals surface area (Å²) in [5.41, 5.74) is -0.929. The Morgan fingerprint density at radius 1 is 0.793 bits per heavy atom. The molecule has 2 rings (SSSR count). The second kappa shape index (κ2) is 9.47. The highest BCUT2D eigenvalue weighted by atomic mass is 16.7. The maximum atomic E-state index is 12.1. The Kier molecular flexibility index (Phi) is 7.95. The molecule has 0 bridgehead atoms. The van der Waals surface area contributed by atoms with E-state index in [0.717, 1.165) is 0 Å². The van der Waals surface area contributed by atoms with E-state index < -0.39 is 86.0 Å². The maximum absolute atomic E-state index is 12.1. The SMILES string of the molecule is CC(C)(C)C(=O)OC1OC(CO)C(O)C(OC2OC(CO)C(O)C(O)C2O)C1O. The molecule has 10 atom stereocenters. The zero-order chi connectivity index (χ0) is 22.1. The molecule has 7 N–H and O–H groups in total. The molecule has 0 amide bonds. The lowest BCUT2D eigenvalue weighted by atomic mass is 9.96. The van der Waals surface area contributed by atoms with Gasteiger partial charge < -0.3 is 54.7 Å². The van der Waals surface area contributed by atoms with Crippen LogP contribution in [0.1, 0.15) is 20.8 Å². The van der Waals surface area contributed by atoms with Crippen LogP contribution in [-0.4, -0.2) is 116 Å². The molecule has 29 heavy (non-hydrogen) atoms. The predicted molar refractivity (Wildman–Crippen MR) is 91.9 cm³/mol. The van der Waals surface area contributed by atoms with Crippen molar-refractivity contribution in [2.24, 2.45) is 5.41 Å². The number of aliphatic hydroxyl groups is 7. The quantitative estimate of drug-likeness (QED) is 0.212. The van der Waals surface area contributed by atoms with Crippen molar-refractivity contribution < 1.29 is 59.5 Å². The first-order chi connectivity index (χ1) is 13.4. The van der Waals surface area contributed by atoms with Crippen LogP contribution >= 0.6 is 0 Å². The van der Waals surface area contributed by atoms with Gasteiger partial charge in [0.2, 0.25) is 6.29 Å². The van der Waals surface area contributed by atoms with Crippen molar-refractivity contribution in [1.29, 1.82) is 0 Å². The van der Waals surface area contributed by atoms with Gasteiger partial charge in [-0.05, 0) is 20.8 Å². The number of aliphatic hydroxyl groups excluding tert-OH is 7. The van der Waals surface area contributed by atoms with Crippen LogP contribution in [0.25, 0.3) is 0 Å². The Bertz CT molecular complexity index is 549. The summed E-state index contributed by atoms with van der Waals surface area (Å²) >= 11 is 0. The fourth-order valence-corrected chi connectivity index (χ4v) is 2.93. The Labute approximate surface area is 167 Å². The van der Waals surface area contributed by atoms with E-state index in [1.54, 1.807) is 20.8 Å². The third kappa shape index (κ3) is 5.22. The monoisotopic (exact) mass is 426 g/mol. The highest BCUT2D eigenvalue weighted by Crippen LogP contribution is 2.30. The molecule has 2 saturated heterocycles. The molecule has 2 fully saturated rings. The van der Waals surface area contributed by atoms with Crippen LogP contribution in [0, 0.1) is 5.41 Å². The van der Waals surface area contributed by atoms with Crippen LogP contribution in [0.2, 0.25) is 0 Å². The second-order valence-corrected chi connectivity index (χ2v) is 8.16. The number of rotatable bonds is 5. The van der Waals surface area contributed by atoms with Gasteiger partial charge in [0.15, 0.2) is 6.29 Å². The van der Waals surface area contributed by atoms with Gasteiger partial charge in [-0.2, -0.15) is 0 Å². The summed E-state index contributed by atoms with van der Waals surface area (Å²) in [5.74, 6) is -0.721. The summed E-state index contributed by atoms with van der Waals surface area (Å²) in [6.45, 7) is 3.32. The molecule has 2 aliphatic rings. The van der Waals surface area contributed by atoms with E-state index in [-0.39, 0.29) is 0 Å². The molecular weight excluding hydrogens is 396 g/mol. The smallest absolute Gasteiger partial charge is 0.313 e. The zero-order valence-electron chi connectivity index (χ0n) is 16.4.